The van der Waals surface area contributed by atoms with Gasteiger partial charge in [0.05, 0.1) is 5.56 Å². The number of carbonyl (C=O) groups excluding carboxylic acids is 1. The van der Waals surface area contributed by atoms with Gasteiger partial charge in [-0.1, -0.05) is 6.42 Å². The van der Waals surface area contributed by atoms with Crippen LogP contribution in [-0.4, -0.2) is 67.7 Å². The standard InChI is InChI=1S/C16H20N6O/c23-16(21-9-8-20-7-2-1-4-13(20)10-21)14-5-3-6-18-15(14)22-12-17-11-19-22/h3,5-6,11-13H,1-2,4,7-10H2/t13-/m1/s1. The zero-order valence-corrected chi connectivity index (χ0v) is 13.0. The van der Waals surface area contributed by atoms with Crippen LogP contribution in [0.3, 0.4) is 0 Å². The van der Waals surface area contributed by atoms with E-state index in [0.717, 1.165) is 19.6 Å². The van der Waals surface area contributed by atoms with Gasteiger partial charge in [-0.05, 0) is 31.5 Å². The van der Waals surface area contributed by atoms with E-state index in [-0.39, 0.29) is 5.91 Å². The number of nitrogens with zero attached hydrogens (tertiary/aromatic N) is 6. The molecule has 2 aliphatic heterocycles. The fourth-order valence-electron chi connectivity index (χ4n) is 3.57. The number of rotatable bonds is 2. The maximum atomic E-state index is 13.0. The molecule has 1 amide bonds. The van der Waals surface area contributed by atoms with E-state index >= 15 is 0 Å². The number of hydrogen-bond donors (Lipinski definition) is 0. The van der Waals surface area contributed by atoms with Crippen LogP contribution in [0.2, 0.25) is 0 Å². The van der Waals surface area contributed by atoms with Gasteiger partial charge in [-0.2, -0.15) is 5.10 Å². The third kappa shape index (κ3) is 2.72. The van der Waals surface area contributed by atoms with E-state index in [2.05, 4.69) is 20.0 Å². The molecule has 2 aromatic heterocycles. The zero-order chi connectivity index (χ0) is 15.6. The quantitative estimate of drug-likeness (QED) is 0.827. The van der Waals surface area contributed by atoms with Crippen molar-refractivity contribution in [2.75, 3.05) is 26.2 Å². The van der Waals surface area contributed by atoms with Crippen molar-refractivity contribution in [1.29, 1.82) is 0 Å². The van der Waals surface area contributed by atoms with Crippen LogP contribution in [0.1, 0.15) is 29.6 Å². The molecule has 7 nitrogen and oxygen atoms in total. The van der Waals surface area contributed by atoms with Crippen LogP contribution < -0.4 is 0 Å². The molecule has 0 saturated carbocycles. The van der Waals surface area contributed by atoms with Crippen LogP contribution in [0.5, 0.6) is 0 Å². The molecular formula is C16H20N6O. The van der Waals surface area contributed by atoms with Crippen molar-refractivity contribution in [2.45, 2.75) is 25.3 Å². The predicted molar refractivity (Wildman–Crippen MR) is 84.3 cm³/mol. The number of amides is 1. The lowest BCUT2D eigenvalue weighted by atomic mass is 9.99. The fourth-order valence-corrected chi connectivity index (χ4v) is 3.57. The number of piperazine rings is 1. The minimum Gasteiger partial charge on any atom is -0.336 e. The molecule has 0 aliphatic carbocycles. The zero-order valence-electron chi connectivity index (χ0n) is 13.0. The maximum absolute atomic E-state index is 13.0. The summed E-state index contributed by atoms with van der Waals surface area (Å²) in [7, 11) is 0. The summed E-state index contributed by atoms with van der Waals surface area (Å²) in [6.07, 6.45) is 8.42. The molecule has 7 heteroatoms. The molecule has 120 valence electrons. The monoisotopic (exact) mass is 312 g/mol. The van der Waals surface area contributed by atoms with Crippen LogP contribution in [0.25, 0.3) is 5.82 Å². The summed E-state index contributed by atoms with van der Waals surface area (Å²) < 4.78 is 1.55. The highest BCUT2D eigenvalue weighted by molar-refractivity contribution is 5.97. The minimum absolute atomic E-state index is 0.0359. The lowest BCUT2D eigenvalue weighted by Crippen LogP contribution is -2.56. The van der Waals surface area contributed by atoms with Gasteiger partial charge in [0.25, 0.3) is 5.91 Å². The molecule has 2 saturated heterocycles. The first-order valence-electron chi connectivity index (χ1n) is 8.16. The Bertz CT molecular complexity index is 686. The molecule has 0 aromatic carbocycles. The smallest absolute Gasteiger partial charge is 0.257 e. The summed E-state index contributed by atoms with van der Waals surface area (Å²) in [5.41, 5.74) is 0.585. The van der Waals surface area contributed by atoms with Gasteiger partial charge in [0.15, 0.2) is 5.82 Å². The number of fused-ring (bicyclic) bond motifs is 1. The topological polar surface area (TPSA) is 67.2 Å². The minimum atomic E-state index is 0.0359. The van der Waals surface area contributed by atoms with Crippen LogP contribution >= 0.6 is 0 Å². The molecule has 2 aromatic rings. The van der Waals surface area contributed by atoms with Gasteiger partial charge in [-0.25, -0.2) is 14.6 Å². The van der Waals surface area contributed by atoms with Gasteiger partial charge < -0.3 is 4.90 Å². The second kappa shape index (κ2) is 6.08. The average Bonchev–Trinajstić information content (AvgIpc) is 3.15. The van der Waals surface area contributed by atoms with E-state index in [9.17, 15) is 4.79 Å². The lowest BCUT2D eigenvalue weighted by molar-refractivity contribution is 0.0372. The molecule has 1 atom stereocenters. The second-order valence-electron chi connectivity index (χ2n) is 6.15. The number of carbonyl (C=O) groups is 1. The third-order valence-corrected chi connectivity index (χ3v) is 4.78. The summed E-state index contributed by atoms with van der Waals surface area (Å²) in [5, 5.41) is 4.10. The first-order valence-corrected chi connectivity index (χ1v) is 8.16. The van der Waals surface area contributed by atoms with Gasteiger partial charge in [-0.15, -0.1) is 0 Å². The van der Waals surface area contributed by atoms with Gasteiger partial charge in [0.1, 0.15) is 12.7 Å². The van der Waals surface area contributed by atoms with E-state index in [0.29, 0.717) is 17.4 Å². The van der Waals surface area contributed by atoms with Crippen molar-refractivity contribution in [3.05, 3.63) is 36.5 Å². The maximum Gasteiger partial charge on any atom is 0.257 e. The molecule has 0 bridgehead atoms. The molecule has 0 spiro atoms. The summed E-state index contributed by atoms with van der Waals surface area (Å²) in [5.74, 6) is 0.579. The van der Waals surface area contributed by atoms with Crippen molar-refractivity contribution >= 4 is 5.91 Å². The Hall–Kier alpha value is -2.28. The van der Waals surface area contributed by atoms with E-state index in [1.807, 2.05) is 11.0 Å². The van der Waals surface area contributed by atoms with Crippen molar-refractivity contribution in [2.24, 2.45) is 0 Å². The normalized spacial score (nSPS) is 21.9. The molecule has 4 heterocycles. The molecule has 4 rings (SSSR count). The van der Waals surface area contributed by atoms with Crippen molar-refractivity contribution in [3.63, 3.8) is 0 Å². The van der Waals surface area contributed by atoms with E-state index < -0.39 is 0 Å². The number of pyridine rings is 1. The van der Waals surface area contributed by atoms with E-state index in [4.69, 9.17) is 0 Å². The largest absolute Gasteiger partial charge is 0.336 e. The molecular weight excluding hydrogens is 292 g/mol. The Labute approximate surface area is 134 Å². The lowest BCUT2D eigenvalue weighted by Gasteiger charge is -2.44. The predicted octanol–water partition coefficient (Wildman–Crippen LogP) is 0.973. The summed E-state index contributed by atoms with van der Waals surface area (Å²) >= 11 is 0. The third-order valence-electron chi connectivity index (χ3n) is 4.78. The van der Waals surface area contributed by atoms with Crippen LogP contribution in [0.4, 0.5) is 0 Å². The molecule has 0 radical (unpaired) electrons. The molecule has 23 heavy (non-hydrogen) atoms. The fraction of sp³-hybridized carbons (Fsp3) is 0.500. The summed E-state index contributed by atoms with van der Waals surface area (Å²) in [6, 6.07) is 4.12. The highest BCUT2D eigenvalue weighted by Crippen LogP contribution is 2.23. The van der Waals surface area contributed by atoms with Crippen LogP contribution in [0.15, 0.2) is 31.0 Å². The van der Waals surface area contributed by atoms with Crippen LogP contribution in [-0.2, 0) is 0 Å². The second-order valence-corrected chi connectivity index (χ2v) is 6.15. The summed E-state index contributed by atoms with van der Waals surface area (Å²) in [6.45, 7) is 3.73. The highest BCUT2D eigenvalue weighted by Gasteiger charge is 2.32. The first-order chi connectivity index (χ1) is 11.3. The van der Waals surface area contributed by atoms with Gasteiger partial charge in [0.2, 0.25) is 0 Å². The Kier molecular flexibility index (Phi) is 3.78. The number of aromatic nitrogens is 4. The van der Waals surface area contributed by atoms with Crippen molar-refractivity contribution in [1.82, 2.24) is 29.5 Å². The SMILES string of the molecule is O=C(c1cccnc1-n1cncn1)N1CCN2CCCC[C@@H]2C1. The Balaban J connectivity index is 1.58. The molecule has 2 aliphatic rings. The van der Waals surface area contributed by atoms with Crippen LogP contribution in [0, 0.1) is 0 Å². The average molecular weight is 312 g/mol. The number of piperidine rings is 1. The number of hydrogen-bond acceptors (Lipinski definition) is 5. The molecule has 0 unspecified atom stereocenters. The van der Waals surface area contributed by atoms with Crippen molar-refractivity contribution < 1.29 is 4.79 Å². The first kappa shape index (κ1) is 14.3. The Morgan fingerprint density at radius 3 is 3.04 bits per heavy atom. The molecule has 0 N–H and O–H groups in total. The Morgan fingerprint density at radius 2 is 2.17 bits per heavy atom. The Morgan fingerprint density at radius 1 is 1.22 bits per heavy atom. The molecule has 2 fully saturated rings. The van der Waals surface area contributed by atoms with E-state index in [1.165, 1.54) is 32.1 Å². The van der Waals surface area contributed by atoms with E-state index in [1.54, 1.807) is 23.3 Å². The van der Waals surface area contributed by atoms with Gasteiger partial charge in [-0.3, -0.25) is 9.69 Å². The van der Waals surface area contributed by atoms with Gasteiger partial charge >= 0.3 is 0 Å². The summed E-state index contributed by atoms with van der Waals surface area (Å²) in [4.78, 5) is 25.7. The highest BCUT2D eigenvalue weighted by atomic mass is 16.2. The van der Waals surface area contributed by atoms with Gasteiger partial charge in [0, 0.05) is 31.9 Å². The van der Waals surface area contributed by atoms with Crippen molar-refractivity contribution in [3.8, 4) is 5.82 Å².